The quantitative estimate of drug-likeness (QED) is 0.584. The Bertz CT molecular complexity index is 138. The van der Waals surface area contributed by atoms with E-state index in [1.54, 1.807) is 4.90 Å². The number of carbonyl (C=O) groups is 1. The second kappa shape index (κ2) is 4.31. The first kappa shape index (κ1) is 8.49. The van der Waals surface area contributed by atoms with Crippen LogP contribution >= 0.6 is 0 Å². The lowest BCUT2D eigenvalue weighted by molar-refractivity contribution is -0.142. The zero-order chi connectivity index (χ0) is 8.10. The van der Waals surface area contributed by atoms with E-state index in [4.69, 9.17) is 10.5 Å². The summed E-state index contributed by atoms with van der Waals surface area (Å²) in [6.07, 6.45) is 0.881. The Morgan fingerprint density at radius 3 is 3.09 bits per heavy atom. The van der Waals surface area contributed by atoms with Gasteiger partial charge in [0.1, 0.15) is 6.61 Å². The van der Waals surface area contributed by atoms with Crippen LogP contribution in [0.3, 0.4) is 0 Å². The summed E-state index contributed by atoms with van der Waals surface area (Å²) in [4.78, 5) is 12.9. The zero-order valence-corrected chi connectivity index (χ0v) is 6.58. The fourth-order valence-electron chi connectivity index (χ4n) is 1.07. The summed E-state index contributed by atoms with van der Waals surface area (Å²) in [7, 11) is 0. The van der Waals surface area contributed by atoms with Crippen molar-refractivity contribution in [2.45, 2.75) is 6.42 Å². The summed E-state index contributed by atoms with van der Waals surface area (Å²) in [5.74, 6) is 0.0877. The maximum absolute atomic E-state index is 11.1. The van der Waals surface area contributed by atoms with Crippen molar-refractivity contribution >= 4 is 5.91 Å². The molecule has 0 aromatic rings. The highest BCUT2D eigenvalue weighted by Gasteiger charge is 2.16. The van der Waals surface area contributed by atoms with E-state index in [0.717, 1.165) is 19.5 Å². The molecule has 64 valence electrons. The third-order valence-electron chi connectivity index (χ3n) is 1.72. The third-order valence-corrected chi connectivity index (χ3v) is 1.72. The molecule has 0 aromatic carbocycles. The van der Waals surface area contributed by atoms with Crippen molar-refractivity contribution in [2.75, 3.05) is 32.8 Å². The smallest absolute Gasteiger partial charge is 0.248 e. The molecule has 0 aromatic heterocycles. The molecule has 1 fully saturated rings. The molecule has 0 unspecified atom stereocenters. The monoisotopic (exact) mass is 158 g/mol. The maximum Gasteiger partial charge on any atom is 0.248 e. The first-order valence-electron chi connectivity index (χ1n) is 3.90. The van der Waals surface area contributed by atoms with Crippen LogP contribution in [0.25, 0.3) is 0 Å². The fraction of sp³-hybridized carbons (Fsp3) is 0.857. The minimum absolute atomic E-state index is 0.0877. The zero-order valence-electron chi connectivity index (χ0n) is 6.58. The first-order valence-corrected chi connectivity index (χ1v) is 3.90. The highest BCUT2D eigenvalue weighted by Crippen LogP contribution is 1.98. The molecule has 11 heavy (non-hydrogen) atoms. The van der Waals surface area contributed by atoms with Gasteiger partial charge in [0.25, 0.3) is 0 Å². The van der Waals surface area contributed by atoms with Gasteiger partial charge in [0, 0.05) is 13.1 Å². The summed E-state index contributed by atoms with van der Waals surface area (Å²) in [6.45, 7) is 3.04. The van der Waals surface area contributed by atoms with Crippen LogP contribution in [0.4, 0.5) is 0 Å². The number of hydrogen-bond acceptors (Lipinski definition) is 3. The molecule has 1 heterocycles. The van der Waals surface area contributed by atoms with Crippen molar-refractivity contribution in [1.82, 2.24) is 4.90 Å². The molecule has 0 atom stereocenters. The Labute approximate surface area is 66.3 Å². The third kappa shape index (κ3) is 2.48. The van der Waals surface area contributed by atoms with Gasteiger partial charge in [0.2, 0.25) is 5.91 Å². The summed E-state index contributed by atoms with van der Waals surface area (Å²) < 4.78 is 4.97. The van der Waals surface area contributed by atoms with Crippen LogP contribution in [-0.4, -0.2) is 43.7 Å². The minimum Gasteiger partial charge on any atom is -0.370 e. The molecule has 1 aliphatic rings. The lowest BCUT2D eigenvalue weighted by Crippen LogP contribution is -2.42. The normalized spacial score (nSPS) is 19.0. The minimum atomic E-state index is 0.0877. The van der Waals surface area contributed by atoms with Gasteiger partial charge in [-0.3, -0.25) is 4.79 Å². The van der Waals surface area contributed by atoms with E-state index >= 15 is 0 Å². The highest BCUT2D eigenvalue weighted by atomic mass is 16.5. The predicted octanol–water partition coefficient (Wildman–Crippen LogP) is -0.806. The van der Waals surface area contributed by atoms with Gasteiger partial charge >= 0.3 is 0 Å². The van der Waals surface area contributed by atoms with Crippen LogP contribution in [0.5, 0.6) is 0 Å². The van der Waals surface area contributed by atoms with Crippen LogP contribution < -0.4 is 5.73 Å². The van der Waals surface area contributed by atoms with Crippen molar-refractivity contribution in [2.24, 2.45) is 5.73 Å². The summed E-state index contributed by atoms with van der Waals surface area (Å²) in [5, 5.41) is 0. The average molecular weight is 158 g/mol. The number of ether oxygens (including phenoxy) is 1. The first-order chi connectivity index (χ1) is 5.34. The van der Waals surface area contributed by atoms with Gasteiger partial charge in [-0.25, -0.2) is 0 Å². The van der Waals surface area contributed by atoms with Crippen LogP contribution in [-0.2, 0) is 9.53 Å². The van der Waals surface area contributed by atoms with E-state index in [2.05, 4.69) is 0 Å². The van der Waals surface area contributed by atoms with Crippen LogP contribution in [0.1, 0.15) is 6.42 Å². The Kier molecular flexibility index (Phi) is 3.32. The SMILES string of the molecule is NCCCN1CCOCC1=O. The Balaban J connectivity index is 2.24. The number of rotatable bonds is 3. The van der Waals surface area contributed by atoms with Crippen molar-refractivity contribution < 1.29 is 9.53 Å². The Hall–Kier alpha value is -0.610. The van der Waals surface area contributed by atoms with Crippen molar-refractivity contribution in [3.63, 3.8) is 0 Å². The van der Waals surface area contributed by atoms with E-state index in [9.17, 15) is 4.79 Å². The van der Waals surface area contributed by atoms with Gasteiger partial charge in [-0.1, -0.05) is 0 Å². The lowest BCUT2D eigenvalue weighted by atomic mass is 10.3. The second-order valence-corrected chi connectivity index (χ2v) is 2.58. The molecule has 1 amide bonds. The molecule has 4 heteroatoms. The summed E-state index contributed by atoms with van der Waals surface area (Å²) >= 11 is 0. The van der Waals surface area contributed by atoms with E-state index in [1.165, 1.54) is 0 Å². The van der Waals surface area contributed by atoms with Crippen molar-refractivity contribution in [3.8, 4) is 0 Å². The average Bonchev–Trinajstić information content (AvgIpc) is 2.03. The maximum atomic E-state index is 11.1. The molecular weight excluding hydrogens is 144 g/mol. The topological polar surface area (TPSA) is 55.6 Å². The molecule has 0 aliphatic carbocycles. The molecule has 0 bridgehead atoms. The van der Waals surface area contributed by atoms with Crippen LogP contribution in [0, 0.1) is 0 Å². The standard InChI is InChI=1S/C7H14N2O2/c8-2-1-3-9-4-5-11-6-7(9)10/h1-6,8H2. The lowest BCUT2D eigenvalue weighted by Gasteiger charge is -2.26. The molecular formula is C7H14N2O2. The van der Waals surface area contributed by atoms with Crippen molar-refractivity contribution in [1.29, 1.82) is 0 Å². The van der Waals surface area contributed by atoms with E-state index < -0.39 is 0 Å². The van der Waals surface area contributed by atoms with E-state index in [0.29, 0.717) is 13.2 Å². The summed E-state index contributed by atoms with van der Waals surface area (Å²) in [5.41, 5.74) is 5.32. The number of amides is 1. The number of nitrogens with zero attached hydrogens (tertiary/aromatic N) is 1. The molecule has 0 radical (unpaired) electrons. The highest BCUT2D eigenvalue weighted by molar-refractivity contribution is 5.77. The molecule has 0 spiro atoms. The Morgan fingerprint density at radius 1 is 1.64 bits per heavy atom. The van der Waals surface area contributed by atoms with Crippen LogP contribution in [0.15, 0.2) is 0 Å². The summed E-state index contributed by atoms with van der Waals surface area (Å²) in [6, 6.07) is 0. The largest absolute Gasteiger partial charge is 0.370 e. The number of nitrogens with two attached hydrogens (primary N) is 1. The molecule has 1 saturated heterocycles. The predicted molar refractivity (Wildman–Crippen MR) is 41.1 cm³/mol. The van der Waals surface area contributed by atoms with Gasteiger partial charge in [0.05, 0.1) is 6.61 Å². The Morgan fingerprint density at radius 2 is 2.45 bits per heavy atom. The van der Waals surface area contributed by atoms with Gasteiger partial charge in [-0.15, -0.1) is 0 Å². The number of morpholine rings is 1. The van der Waals surface area contributed by atoms with Crippen molar-refractivity contribution in [3.05, 3.63) is 0 Å². The molecule has 1 aliphatic heterocycles. The van der Waals surface area contributed by atoms with Crippen LogP contribution in [0.2, 0.25) is 0 Å². The van der Waals surface area contributed by atoms with Gasteiger partial charge in [-0.05, 0) is 13.0 Å². The van der Waals surface area contributed by atoms with E-state index in [-0.39, 0.29) is 12.5 Å². The van der Waals surface area contributed by atoms with Gasteiger partial charge in [-0.2, -0.15) is 0 Å². The molecule has 1 rings (SSSR count). The second-order valence-electron chi connectivity index (χ2n) is 2.58. The molecule has 4 nitrogen and oxygen atoms in total. The molecule has 2 N–H and O–H groups in total. The van der Waals surface area contributed by atoms with Gasteiger partial charge in [0.15, 0.2) is 0 Å². The van der Waals surface area contributed by atoms with E-state index in [1.807, 2.05) is 0 Å². The fourth-order valence-corrected chi connectivity index (χ4v) is 1.07. The molecule has 0 saturated carbocycles. The number of hydrogen-bond donors (Lipinski definition) is 1. The number of carbonyl (C=O) groups excluding carboxylic acids is 1. The van der Waals surface area contributed by atoms with Gasteiger partial charge < -0.3 is 15.4 Å².